The van der Waals surface area contributed by atoms with E-state index in [9.17, 15) is 13.2 Å². The molecule has 0 spiro atoms. The third-order valence-electron chi connectivity index (χ3n) is 9.01. The predicted molar refractivity (Wildman–Crippen MR) is 164 cm³/mol. The minimum atomic E-state index is -3.19. The molecule has 2 atom stereocenters. The number of benzene rings is 3. The Bertz CT molecular complexity index is 1670. The molecule has 1 unspecified atom stereocenters. The molecule has 0 bridgehead atoms. The number of sulfonamides is 1. The SMILES string of the molecule is COC(=O)C[C@@H]1COc2cc(OC3CCc4c(-c5c(C)cc(OC6CCN(S(C)(=O)=O)CC6)cc5C)ccc(F)c43)ccc21. The average molecular weight is 624 g/mol. The maximum atomic E-state index is 15.4. The summed E-state index contributed by atoms with van der Waals surface area (Å²) in [5, 5.41) is 0. The fraction of sp³-hybridized carbons (Fsp3) is 0.441. The summed E-state index contributed by atoms with van der Waals surface area (Å²) in [7, 11) is -1.81. The van der Waals surface area contributed by atoms with Crippen LogP contribution in [0, 0.1) is 19.7 Å². The van der Waals surface area contributed by atoms with E-state index in [2.05, 4.69) is 0 Å². The lowest BCUT2D eigenvalue weighted by molar-refractivity contribution is -0.141. The van der Waals surface area contributed by atoms with Gasteiger partial charge in [-0.15, -0.1) is 0 Å². The molecule has 1 saturated heterocycles. The molecule has 0 amide bonds. The Morgan fingerprint density at radius 1 is 1.00 bits per heavy atom. The fourth-order valence-corrected chi connectivity index (χ4v) is 7.74. The van der Waals surface area contributed by atoms with Gasteiger partial charge in [0.05, 0.1) is 26.4 Å². The lowest BCUT2D eigenvalue weighted by Gasteiger charge is -2.30. The van der Waals surface area contributed by atoms with Crippen LogP contribution in [0.2, 0.25) is 0 Å². The second-order valence-corrected chi connectivity index (χ2v) is 14.0. The second-order valence-electron chi connectivity index (χ2n) is 12.0. The Morgan fingerprint density at radius 2 is 1.73 bits per heavy atom. The van der Waals surface area contributed by atoms with Crippen LogP contribution in [0.1, 0.15) is 65.5 Å². The van der Waals surface area contributed by atoms with Crippen molar-refractivity contribution in [3.8, 4) is 28.4 Å². The van der Waals surface area contributed by atoms with Crippen molar-refractivity contribution >= 4 is 16.0 Å². The standard InChI is InChI=1S/C34H38FNO7S/c1-20-15-25(42-23-11-13-36(14-12-23)44(4,38)39)16-21(2)33(20)27-7-9-29(35)34-28(27)8-10-30(34)43-24-5-6-26-22(17-32(37)40-3)19-41-31(26)18-24/h5-7,9,15-16,18,22-23,30H,8,10-14,17,19H2,1-4H3/t22-,30?/m1/s1. The molecule has 0 N–H and O–H groups in total. The summed E-state index contributed by atoms with van der Waals surface area (Å²) in [4.78, 5) is 11.8. The highest BCUT2D eigenvalue weighted by Crippen LogP contribution is 2.45. The van der Waals surface area contributed by atoms with E-state index in [1.165, 1.54) is 23.7 Å². The van der Waals surface area contributed by atoms with Crippen LogP contribution in [-0.2, 0) is 26.0 Å². The van der Waals surface area contributed by atoms with Gasteiger partial charge in [0.1, 0.15) is 35.3 Å². The van der Waals surface area contributed by atoms with Crippen molar-refractivity contribution in [3.05, 3.63) is 76.1 Å². The third kappa shape index (κ3) is 6.02. The molecule has 0 saturated carbocycles. The number of hydrogen-bond acceptors (Lipinski definition) is 7. The van der Waals surface area contributed by atoms with E-state index in [0.717, 1.165) is 39.1 Å². The molecule has 1 aliphatic carbocycles. The summed E-state index contributed by atoms with van der Waals surface area (Å²) in [6.45, 7) is 5.40. The Balaban J connectivity index is 1.20. The summed E-state index contributed by atoms with van der Waals surface area (Å²) in [6, 6.07) is 13.0. The molecule has 0 radical (unpaired) electrons. The summed E-state index contributed by atoms with van der Waals surface area (Å²) in [5.74, 6) is 1.42. The van der Waals surface area contributed by atoms with E-state index in [0.29, 0.717) is 62.4 Å². The highest BCUT2D eigenvalue weighted by atomic mass is 32.2. The van der Waals surface area contributed by atoms with Gasteiger partial charge in [-0.3, -0.25) is 4.79 Å². The van der Waals surface area contributed by atoms with Crippen LogP contribution in [0.15, 0.2) is 42.5 Å². The average Bonchev–Trinajstić information content (AvgIpc) is 3.58. The van der Waals surface area contributed by atoms with Crippen molar-refractivity contribution in [2.24, 2.45) is 0 Å². The Hall–Kier alpha value is -3.63. The number of piperidine rings is 1. The lowest BCUT2D eigenvalue weighted by Crippen LogP contribution is -2.41. The van der Waals surface area contributed by atoms with Gasteiger partial charge in [-0.25, -0.2) is 17.1 Å². The van der Waals surface area contributed by atoms with Crippen LogP contribution in [0.3, 0.4) is 0 Å². The molecule has 234 valence electrons. The van der Waals surface area contributed by atoms with Gasteiger partial charge in [-0.2, -0.15) is 0 Å². The van der Waals surface area contributed by atoms with Gasteiger partial charge in [-0.05, 0) is 91.6 Å². The second kappa shape index (κ2) is 12.0. The molecule has 3 aromatic carbocycles. The Morgan fingerprint density at radius 3 is 2.41 bits per heavy atom. The molecule has 1 fully saturated rings. The number of rotatable bonds is 8. The summed E-state index contributed by atoms with van der Waals surface area (Å²) < 4.78 is 63.9. The van der Waals surface area contributed by atoms with Crippen molar-refractivity contribution in [2.45, 2.75) is 64.1 Å². The number of ether oxygens (including phenoxy) is 4. The molecule has 3 aliphatic rings. The summed E-state index contributed by atoms with van der Waals surface area (Å²) in [5.41, 5.74) is 6.61. The molecule has 2 aliphatic heterocycles. The van der Waals surface area contributed by atoms with E-state index < -0.39 is 16.1 Å². The van der Waals surface area contributed by atoms with Crippen molar-refractivity contribution in [1.29, 1.82) is 0 Å². The first-order valence-corrected chi connectivity index (χ1v) is 16.9. The molecule has 10 heteroatoms. The minimum Gasteiger partial charge on any atom is -0.492 e. The van der Waals surface area contributed by atoms with Crippen LogP contribution in [-0.4, -0.2) is 57.9 Å². The van der Waals surface area contributed by atoms with Crippen LogP contribution >= 0.6 is 0 Å². The zero-order valence-corrected chi connectivity index (χ0v) is 26.3. The van der Waals surface area contributed by atoms with Gasteiger partial charge in [0, 0.05) is 36.2 Å². The molecular formula is C34H38FNO7S. The molecule has 8 nitrogen and oxygen atoms in total. The van der Waals surface area contributed by atoms with Gasteiger partial charge in [-0.1, -0.05) is 12.1 Å². The maximum Gasteiger partial charge on any atom is 0.306 e. The topological polar surface area (TPSA) is 91.4 Å². The number of esters is 1. The number of carbonyl (C=O) groups is 1. The highest BCUT2D eigenvalue weighted by Gasteiger charge is 2.33. The Labute approximate surface area is 258 Å². The molecule has 6 rings (SSSR count). The summed E-state index contributed by atoms with van der Waals surface area (Å²) >= 11 is 0. The number of carbonyl (C=O) groups excluding carboxylic acids is 1. The van der Waals surface area contributed by atoms with E-state index in [1.54, 1.807) is 0 Å². The van der Waals surface area contributed by atoms with Crippen LogP contribution in [0.4, 0.5) is 4.39 Å². The number of nitrogens with zero attached hydrogens (tertiary/aromatic N) is 1. The van der Waals surface area contributed by atoms with E-state index in [-0.39, 0.29) is 30.2 Å². The van der Waals surface area contributed by atoms with Crippen LogP contribution < -0.4 is 14.2 Å². The number of methoxy groups -OCH3 is 1. The quantitative estimate of drug-likeness (QED) is 0.284. The predicted octanol–water partition coefficient (Wildman–Crippen LogP) is 6.02. The molecule has 44 heavy (non-hydrogen) atoms. The zero-order valence-electron chi connectivity index (χ0n) is 25.5. The van der Waals surface area contributed by atoms with E-state index in [4.69, 9.17) is 18.9 Å². The van der Waals surface area contributed by atoms with Gasteiger partial charge in [0.2, 0.25) is 10.0 Å². The van der Waals surface area contributed by atoms with Crippen LogP contribution in [0.25, 0.3) is 11.1 Å². The Kier molecular flexibility index (Phi) is 8.32. The van der Waals surface area contributed by atoms with Crippen molar-refractivity contribution < 1.29 is 36.6 Å². The van der Waals surface area contributed by atoms with E-state index in [1.807, 2.05) is 50.2 Å². The normalized spacial score (nSPS) is 20.1. The smallest absolute Gasteiger partial charge is 0.306 e. The van der Waals surface area contributed by atoms with Crippen molar-refractivity contribution in [1.82, 2.24) is 4.31 Å². The number of aryl methyl sites for hydroxylation is 2. The third-order valence-corrected chi connectivity index (χ3v) is 10.3. The van der Waals surface area contributed by atoms with Gasteiger partial charge in [0.15, 0.2) is 0 Å². The fourth-order valence-electron chi connectivity index (χ4n) is 6.86. The first-order valence-electron chi connectivity index (χ1n) is 15.1. The van der Waals surface area contributed by atoms with Gasteiger partial charge < -0.3 is 18.9 Å². The summed E-state index contributed by atoms with van der Waals surface area (Å²) in [6.07, 6.45) is 3.64. The number of fused-ring (bicyclic) bond motifs is 2. The largest absolute Gasteiger partial charge is 0.492 e. The van der Waals surface area contributed by atoms with Gasteiger partial charge in [0.25, 0.3) is 0 Å². The van der Waals surface area contributed by atoms with Gasteiger partial charge >= 0.3 is 5.97 Å². The van der Waals surface area contributed by atoms with Crippen molar-refractivity contribution in [3.63, 3.8) is 0 Å². The highest BCUT2D eigenvalue weighted by molar-refractivity contribution is 7.88. The van der Waals surface area contributed by atoms with E-state index >= 15 is 4.39 Å². The zero-order chi connectivity index (χ0) is 31.2. The maximum absolute atomic E-state index is 15.4. The first-order chi connectivity index (χ1) is 21.0. The first kappa shape index (κ1) is 30.4. The number of halogens is 1. The molecular weight excluding hydrogens is 585 g/mol. The molecule has 3 aromatic rings. The lowest BCUT2D eigenvalue weighted by atomic mass is 9.90. The monoisotopic (exact) mass is 623 g/mol. The number of hydrogen-bond donors (Lipinski definition) is 0. The molecule has 2 heterocycles. The van der Waals surface area contributed by atoms with Crippen LogP contribution in [0.5, 0.6) is 17.2 Å². The van der Waals surface area contributed by atoms with Crippen molar-refractivity contribution in [2.75, 3.05) is 33.1 Å². The molecule has 0 aromatic heterocycles. The minimum absolute atomic E-state index is 0.0472.